The summed E-state index contributed by atoms with van der Waals surface area (Å²) in [7, 11) is 0. The molecule has 0 saturated heterocycles. The molecule has 1 aliphatic rings. The Morgan fingerprint density at radius 1 is 1.24 bits per heavy atom. The third-order valence-corrected chi connectivity index (χ3v) is 5.20. The first-order valence-electron chi connectivity index (χ1n) is 6.75. The third kappa shape index (κ3) is 2.69. The molecule has 0 aliphatic carbocycles. The fourth-order valence-corrected chi connectivity index (χ4v) is 3.67. The lowest BCUT2D eigenvalue weighted by Gasteiger charge is -2.18. The minimum atomic E-state index is -0.327. The van der Waals surface area contributed by atoms with Crippen LogP contribution >= 0.6 is 27.5 Å². The molecule has 110 valence electrons. The van der Waals surface area contributed by atoms with Gasteiger partial charge in [0.2, 0.25) is 0 Å². The molecule has 0 amide bonds. The SMILES string of the molecule is CC1(C)COc2ccc(C(Br)c3ccc(F)cc3Cl)cc21. The number of halogens is 3. The van der Waals surface area contributed by atoms with Crippen molar-refractivity contribution >= 4 is 27.5 Å². The van der Waals surface area contributed by atoms with Crippen LogP contribution in [-0.4, -0.2) is 6.61 Å². The summed E-state index contributed by atoms with van der Waals surface area (Å²) in [5.74, 6) is 0.612. The molecule has 1 nitrogen and oxygen atoms in total. The average Bonchev–Trinajstić information content (AvgIpc) is 2.74. The van der Waals surface area contributed by atoms with Crippen LogP contribution in [0.15, 0.2) is 36.4 Å². The van der Waals surface area contributed by atoms with Crippen molar-refractivity contribution in [2.45, 2.75) is 24.1 Å². The first-order valence-corrected chi connectivity index (χ1v) is 8.04. The summed E-state index contributed by atoms with van der Waals surface area (Å²) in [6.45, 7) is 5.02. The van der Waals surface area contributed by atoms with Crippen molar-refractivity contribution in [1.82, 2.24) is 0 Å². The van der Waals surface area contributed by atoms with E-state index in [1.165, 1.54) is 17.7 Å². The predicted octanol–water partition coefficient (Wildman–Crippen LogP) is 5.63. The first-order chi connectivity index (χ1) is 9.88. The number of fused-ring (bicyclic) bond motifs is 1. The van der Waals surface area contributed by atoms with Crippen molar-refractivity contribution in [2.75, 3.05) is 6.61 Å². The topological polar surface area (TPSA) is 9.23 Å². The van der Waals surface area contributed by atoms with Crippen LogP contribution < -0.4 is 4.74 Å². The lowest BCUT2D eigenvalue weighted by Crippen LogP contribution is -2.18. The summed E-state index contributed by atoms with van der Waals surface area (Å²) >= 11 is 9.82. The molecule has 0 aromatic heterocycles. The van der Waals surface area contributed by atoms with Crippen LogP contribution in [0.5, 0.6) is 5.75 Å². The van der Waals surface area contributed by atoms with Crippen molar-refractivity contribution in [3.63, 3.8) is 0 Å². The fourth-order valence-electron chi connectivity index (χ4n) is 2.58. The molecule has 4 heteroatoms. The zero-order chi connectivity index (χ0) is 15.2. The Bertz CT molecular complexity index is 699. The van der Waals surface area contributed by atoms with Gasteiger partial charge < -0.3 is 4.74 Å². The quantitative estimate of drug-likeness (QED) is 0.623. The monoisotopic (exact) mass is 368 g/mol. The van der Waals surface area contributed by atoms with E-state index in [4.69, 9.17) is 16.3 Å². The van der Waals surface area contributed by atoms with E-state index in [1.807, 2.05) is 12.1 Å². The van der Waals surface area contributed by atoms with Gasteiger partial charge in [0.05, 0.1) is 11.4 Å². The van der Waals surface area contributed by atoms with Crippen molar-refractivity contribution in [2.24, 2.45) is 0 Å². The number of benzene rings is 2. The number of hydrogen-bond acceptors (Lipinski definition) is 1. The van der Waals surface area contributed by atoms with Gasteiger partial charge in [-0.05, 0) is 35.4 Å². The van der Waals surface area contributed by atoms with E-state index in [1.54, 1.807) is 6.07 Å². The van der Waals surface area contributed by atoms with Crippen LogP contribution in [0.2, 0.25) is 5.02 Å². The third-order valence-electron chi connectivity index (χ3n) is 3.85. The molecule has 21 heavy (non-hydrogen) atoms. The summed E-state index contributed by atoms with van der Waals surface area (Å²) in [6.07, 6.45) is 0. The molecule has 0 fully saturated rings. The highest BCUT2D eigenvalue weighted by Crippen LogP contribution is 2.42. The molecule has 1 heterocycles. The van der Waals surface area contributed by atoms with E-state index >= 15 is 0 Å². The first kappa shape index (κ1) is 14.9. The molecular formula is C17H15BrClFO. The van der Waals surface area contributed by atoms with Gasteiger partial charge in [0.1, 0.15) is 11.6 Å². The van der Waals surface area contributed by atoms with Gasteiger partial charge in [-0.3, -0.25) is 0 Å². The molecule has 0 saturated carbocycles. The lowest BCUT2D eigenvalue weighted by atomic mass is 9.85. The smallest absolute Gasteiger partial charge is 0.124 e. The summed E-state index contributed by atoms with van der Waals surface area (Å²) < 4.78 is 18.9. The second kappa shape index (κ2) is 5.29. The maximum Gasteiger partial charge on any atom is 0.124 e. The zero-order valence-electron chi connectivity index (χ0n) is 11.8. The molecule has 2 aromatic carbocycles. The Morgan fingerprint density at radius 3 is 2.71 bits per heavy atom. The largest absolute Gasteiger partial charge is 0.492 e. The molecule has 1 atom stereocenters. The van der Waals surface area contributed by atoms with Gasteiger partial charge in [0.25, 0.3) is 0 Å². The van der Waals surface area contributed by atoms with Crippen molar-refractivity contribution < 1.29 is 9.13 Å². The van der Waals surface area contributed by atoms with Crippen molar-refractivity contribution in [3.05, 3.63) is 63.9 Å². The van der Waals surface area contributed by atoms with Crippen molar-refractivity contribution in [3.8, 4) is 5.75 Å². The number of alkyl halides is 1. The van der Waals surface area contributed by atoms with Crippen LogP contribution in [0.3, 0.4) is 0 Å². The Kier molecular flexibility index (Phi) is 3.74. The summed E-state index contributed by atoms with van der Waals surface area (Å²) in [4.78, 5) is -0.0766. The maximum atomic E-state index is 13.2. The lowest BCUT2D eigenvalue weighted by molar-refractivity contribution is 0.291. The Hall–Kier alpha value is -1.06. The second-order valence-electron chi connectivity index (χ2n) is 5.96. The van der Waals surface area contributed by atoms with Gasteiger partial charge in [0, 0.05) is 16.0 Å². The molecule has 1 aliphatic heterocycles. The van der Waals surface area contributed by atoms with Gasteiger partial charge in [-0.15, -0.1) is 0 Å². The summed E-state index contributed by atoms with van der Waals surface area (Å²) in [6, 6.07) is 10.6. The molecule has 0 spiro atoms. The number of rotatable bonds is 2. The van der Waals surface area contributed by atoms with Crippen LogP contribution in [0.4, 0.5) is 4.39 Å². The van der Waals surface area contributed by atoms with E-state index in [0.717, 1.165) is 16.9 Å². The Labute approximate surface area is 137 Å². The van der Waals surface area contributed by atoms with Gasteiger partial charge in [-0.25, -0.2) is 4.39 Å². The minimum Gasteiger partial charge on any atom is -0.492 e. The molecule has 0 N–H and O–H groups in total. The molecule has 1 unspecified atom stereocenters. The van der Waals surface area contributed by atoms with E-state index in [2.05, 4.69) is 35.8 Å². The average molecular weight is 370 g/mol. The number of hydrogen-bond donors (Lipinski definition) is 0. The Morgan fingerprint density at radius 2 is 2.00 bits per heavy atom. The van der Waals surface area contributed by atoms with Crippen LogP contribution in [0.1, 0.15) is 35.4 Å². The molecule has 3 rings (SSSR count). The molecule has 0 bridgehead atoms. The van der Waals surface area contributed by atoms with Gasteiger partial charge in [0.15, 0.2) is 0 Å². The second-order valence-corrected chi connectivity index (χ2v) is 7.28. The van der Waals surface area contributed by atoms with E-state index in [9.17, 15) is 4.39 Å². The Balaban J connectivity index is 2.01. The summed E-state index contributed by atoms with van der Waals surface area (Å²) in [5, 5.41) is 0.424. The van der Waals surface area contributed by atoms with E-state index < -0.39 is 0 Å². The highest BCUT2D eigenvalue weighted by atomic mass is 79.9. The molecule has 0 radical (unpaired) electrons. The van der Waals surface area contributed by atoms with Crippen molar-refractivity contribution in [1.29, 1.82) is 0 Å². The van der Waals surface area contributed by atoms with Crippen LogP contribution in [-0.2, 0) is 5.41 Å². The van der Waals surface area contributed by atoms with Crippen LogP contribution in [0.25, 0.3) is 0 Å². The normalized spacial score (nSPS) is 17.2. The van der Waals surface area contributed by atoms with E-state index in [0.29, 0.717) is 11.6 Å². The van der Waals surface area contributed by atoms with Gasteiger partial charge >= 0.3 is 0 Å². The molecular weight excluding hydrogens is 355 g/mol. The predicted molar refractivity (Wildman–Crippen MR) is 87.1 cm³/mol. The van der Waals surface area contributed by atoms with Crippen LogP contribution in [0, 0.1) is 5.82 Å². The van der Waals surface area contributed by atoms with Gasteiger partial charge in [-0.2, -0.15) is 0 Å². The number of ether oxygens (including phenoxy) is 1. The standard InChI is InChI=1S/C17H15BrClFO/c1-17(2)9-21-15-6-3-10(7-13(15)17)16(18)12-5-4-11(20)8-14(12)19/h3-8,16H,9H2,1-2H3. The fraction of sp³-hybridized carbons (Fsp3) is 0.294. The minimum absolute atomic E-state index is 0.00462. The highest BCUT2D eigenvalue weighted by Gasteiger charge is 2.32. The molecule has 2 aromatic rings. The zero-order valence-corrected chi connectivity index (χ0v) is 14.1. The van der Waals surface area contributed by atoms with E-state index in [-0.39, 0.29) is 16.1 Å². The van der Waals surface area contributed by atoms with Gasteiger partial charge in [-0.1, -0.05) is 53.5 Å². The summed E-state index contributed by atoms with van der Waals surface area (Å²) in [5.41, 5.74) is 3.14. The highest BCUT2D eigenvalue weighted by molar-refractivity contribution is 9.09. The maximum absolute atomic E-state index is 13.2.